The van der Waals surface area contributed by atoms with Crippen LogP contribution < -0.4 is 14.2 Å². The summed E-state index contributed by atoms with van der Waals surface area (Å²) in [7, 11) is -2.43. The monoisotopic (exact) mass is 361 g/mol. The van der Waals surface area contributed by atoms with E-state index in [1.54, 1.807) is 30.3 Å². The number of sulfonamides is 1. The highest BCUT2D eigenvalue weighted by Gasteiger charge is 2.21. The summed E-state index contributed by atoms with van der Waals surface area (Å²) in [6.07, 6.45) is 2.86. The van der Waals surface area contributed by atoms with Gasteiger partial charge in [-0.05, 0) is 54.7 Å². The molecule has 0 aromatic heterocycles. The first-order valence-corrected chi connectivity index (χ1v) is 9.41. The Kier molecular flexibility index (Phi) is 4.94. The lowest BCUT2D eigenvalue weighted by Crippen LogP contribution is -2.34. The Morgan fingerprint density at radius 1 is 1.08 bits per heavy atom. The number of para-hydroxylation sites is 2. The molecule has 0 bridgehead atoms. The minimum Gasteiger partial charge on any atom is -0.493 e. The summed E-state index contributed by atoms with van der Waals surface area (Å²) in [6, 6.07) is 11.8. The summed E-state index contributed by atoms with van der Waals surface area (Å²) in [5, 5.41) is 0. The standard InChI is InChI=1S/C18H19NO5S/c1-23-16-7-2-3-8-17(16)24-12-18(20)19-25(21,22)15-10-9-13-5-4-6-14(13)11-15/h2-3,7-11H,4-6,12H2,1H3,(H,19,20). The molecule has 132 valence electrons. The fourth-order valence-corrected chi connectivity index (χ4v) is 3.86. The van der Waals surface area contributed by atoms with Gasteiger partial charge in [0.15, 0.2) is 18.1 Å². The van der Waals surface area contributed by atoms with Gasteiger partial charge in [-0.15, -0.1) is 0 Å². The Morgan fingerprint density at radius 2 is 1.80 bits per heavy atom. The molecule has 2 aromatic carbocycles. The number of hydrogen-bond acceptors (Lipinski definition) is 5. The molecule has 2 aromatic rings. The van der Waals surface area contributed by atoms with Crippen LogP contribution in [0.5, 0.6) is 11.5 Å². The molecule has 1 amide bonds. The van der Waals surface area contributed by atoms with Gasteiger partial charge in [0, 0.05) is 0 Å². The molecule has 0 aliphatic heterocycles. The molecule has 25 heavy (non-hydrogen) atoms. The average Bonchev–Trinajstić information content (AvgIpc) is 3.07. The van der Waals surface area contributed by atoms with Crippen LogP contribution in [0.2, 0.25) is 0 Å². The molecule has 0 fully saturated rings. The first-order valence-electron chi connectivity index (χ1n) is 7.93. The van der Waals surface area contributed by atoms with Crippen molar-refractivity contribution in [1.82, 2.24) is 4.72 Å². The van der Waals surface area contributed by atoms with E-state index in [0.29, 0.717) is 11.5 Å². The molecule has 7 heteroatoms. The molecule has 0 unspecified atom stereocenters. The zero-order valence-corrected chi connectivity index (χ0v) is 14.6. The lowest BCUT2D eigenvalue weighted by molar-refractivity contribution is -0.121. The van der Waals surface area contributed by atoms with Crippen LogP contribution in [0.25, 0.3) is 0 Å². The fourth-order valence-electron chi connectivity index (χ4n) is 2.83. The van der Waals surface area contributed by atoms with Gasteiger partial charge in [0.25, 0.3) is 15.9 Å². The second-order valence-corrected chi connectivity index (χ2v) is 7.43. The van der Waals surface area contributed by atoms with Crippen LogP contribution >= 0.6 is 0 Å². The van der Waals surface area contributed by atoms with Gasteiger partial charge in [-0.2, -0.15) is 0 Å². The molecule has 0 saturated carbocycles. The third-order valence-electron chi connectivity index (χ3n) is 4.06. The van der Waals surface area contributed by atoms with Crippen molar-refractivity contribution in [2.75, 3.05) is 13.7 Å². The Bertz CT molecular complexity index is 892. The first-order chi connectivity index (χ1) is 12.0. The number of fused-ring (bicyclic) bond motifs is 1. The Morgan fingerprint density at radius 3 is 2.56 bits per heavy atom. The Balaban J connectivity index is 1.65. The molecule has 1 aliphatic rings. The summed E-state index contributed by atoms with van der Waals surface area (Å²) in [6.45, 7) is -0.426. The molecule has 0 radical (unpaired) electrons. The molecule has 0 heterocycles. The van der Waals surface area contributed by atoms with Crippen molar-refractivity contribution in [2.24, 2.45) is 0 Å². The van der Waals surface area contributed by atoms with E-state index in [4.69, 9.17) is 9.47 Å². The SMILES string of the molecule is COc1ccccc1OCC(=O)NS(=O)(=O)c1ccc2c(c1)CCC2. The lowest BCUT2D eigenvalue weighted by atomic mass is 10.1. The maximum atomic E-state index is 12.4. The van der Waals surface area contributed by atoms with Gasteiger partial charge in [0.1, 0.15) is 0 Å². The third kappa shape index (κ3) is 3.93. The topological polar surface area (TPSA) is 81.7 Å². The van der Waals surface area contributed by atoms with E-state index in [1.165, 1.54) is 18.7 Å². The molecular weight excluding hydrogens is 342 g/mol. The molecule has 0 saturated heterocycles. The third-order valence-corrected chi connectivity index (χ3v) is 5.43. The van der Waals surface area contributed by atoms with Crippen LogP contribution in [0.4, 0.5) is 0 Å². The highest BCUT2D eigenvalue weighted by Crippen LogP contribution is 2.26. The summed E-state index contributed by atoms with van der Waals surface area (Å²) < 4.78 is 37.2. The minimum absolute atomic E-state index is 0.0961. The fraction of sp³-hybridized carbons (Fsp3) is 0.278. The number of ether oxygens (including phenoxy) is 2. The van der Waals surface area contributed by atoms with E-state index < -0.39 is 22.5 Å². The molecule has 1 aliphatic carbocycles. The van der Waals surface area contributed by atoms with Gasteiger partial charge in [-0.25, -0.2) is 13.1 Å². The summed E-state index contributed by atoms with van der Waals surface area (Å²) >= 11 is 0. The van der Waals surface area contributed by atoms with Crippen LogP contribution in [-0.4, -0.2) is 28.0 Å². The molecule has 0 atom stereocenters. The van der Waals surface area contributed by atoms with Crippen molar-refractivity contribution in [3.63, 3.8) is 0 Å². The van der Waals surface area contributed by atoms with Crippen LogP contribution in [0.3, 0.4) is 0 Å². The highest BCUT2D eigenvalue weighted by atomic mass is 32.2. The van der Waals surface area contributed by atoms with Gasteiger partial charge in [-0.3, -0.25) is 4.79 Å². The normalized spacial score (nSPS) is 13.2. The quantitative estimate of drug-likeness (QED) is 0.852. The number of benzene rings is 2. The van der Waals surface area contributed by atoms with Crippen LogP contribution in [0, 0.1) is 0 Å². The second-order valence-electron chi connectivity index (χ2n) is 5.75. The molecule has 3 rings (SSSR count). The van der Waals surface area contributed by atoms with E-state index in [9.17, 15) is 13.2 Å². The van der Waals surface area contributed by atoms with Gasteiger partial charge < -0.3 is 9.47 Å². The van der Waals surface area contributed by atoms with Gasteiger partial charge in [-0.1, -0.05) is 18.2 Å². The summed E-state index contributed by atoms with van der Waals surface area (Å²) in [4.78, 5) is 12.1. The zero-order valence-electron chi connectivity index (χ0n) is 13.8. The largest absolute Gasteiger partial charge is 0.493 e. The number of hydrogen-bond donors (Lipinski definition) is 1. The van der Waals surface area contributed by atoms with E-state index in [2.05, 4.69) is 0 Å². The maximum absolute atomic E-state index is 12.4. The molecular formula is C18H19NO5S. The average molecular weight is 361 g/mol. The number of aryl methyl sites for hydroxylation is 2. The number of amides is 1. The van der Waals surface area contributed by atoms with E-state index in [1.807, 2.05) is 10.8 Å². The van der Waals surface area contributed by atoms with Gasteiger partial charge in [0.2, 0.25) is 0 Å². The van der Waals surface area contributed by atoms with Crippen molar-refractivity contribution >= 4 is 15.9 Å². The predicted molar refractivity (Wildman–Crippen MR) is 92.3 cm³/mol. The van der Waals surface area contributed by atoms with Crippen LogP contribution in [0.1, 0.15) is 17.5 Å². The van der Waals surface area contributed by atoms with Crippen molar-refractivity contribution in [3.8, 4) is 11.5 Å². The zero-order chi connectivity index (χ0) is 17.9. The van der Waals surface area contributed by atoms with Crippen LogP contribution in [0.15, 0.2) is 47.4 Å². The molecule has 0 spiro atoms. The van der Waals surface area contributed by atoms with E-state index in [0.717, 1.165) is 24.8 Å². The van der Waals surface area contributed by atoms with Crippen molar-refractivity contribution < 1.29 is 22.7 Å². The molecule has 6 nitrogen and oxygen atoms in total. The number of rotatable bonds is 6. The number of methoxy groups -OCH3 is 1. The van der Waals surface area contributed by atoms with E-state index in [-0.39, 0.29) is 4.90 Å². The minimum atomic E-state index is -3.91. The van der Waals surface area contributed by atoms with Crippen molar-refractivity contribution in [2.45, 2.75) is 24.2 Å². The second kappa shape index (κ2) is 7.14. The first kappa shape index (κ1) is 17.3. The number of carbonyl (C=O) groups excluding carboxylic acids is 1. The maximum Gasteiger partial charge on any atom is 0.271 e. The lowest BCUT2D eigenvalue weighted by Gasteiger charge is -2.11. The van der Waals surface area contributed by atoms with Crippen LogP contribution in [-0.2, 0) is 27.7 Å². The van der Waals surface area contributed by atoms with Crippen molar-refractivity contribution in [3.05, 3.63) is 53.6 Å². The highest BCUT2D eigenvalue weighted by molar-refractivity contribution is 7.90. The van der Waals surface area contributed by atoms with E-state index >= 15 is 0 Å². The Hall–Kier alpha value is -2.54. The summed E-state index contributed by atoms with van der Waals surface area (Å²) in [5.41, 5.74) is 2.20. The summed E-state index contributed by atoms with van der Waals surface area (Å²) in [5.74, 6) is 0.0956. The predicted octanol–water partition coefficient (Wildman–Crippen LogP) is 2.07. The van der Waals surface area contributed by atoms with Crippen molar-refractivity contribution in [1.29, 1.82) is 0 Å². The van der Waals surface area contributed by atoms with Gasteiger partial charge in [0.05, 0.1) is 12.0 Å². The van der Waals surface area contributed by atoms with Gasteiger partial charge >= 0.3 is 0 Å². The smallest absolute Gasteiger partial charge is 0.271 e. The number of nitrogens with one attached hydrogen (secondary N) is 1. The number of carbonyl (C=O) groups is 1. The molecule has 1 N–H and O–H groups in total. The Labute approximate surface area is 146 Å².